The highest BCUT2D eigenvalue weighted by Crippen LogP contribution is 2.41. The van der Waals surface area contributed by atoms with Gasteiger partial charge in [-0.1, -0.05) is 6.07 Å². The third-order valence-electron chi connectivity index (χ3n) is 6.11. The van der Waals surface area contributed by atoms with Crippen molar-refractivity contribution < 1.29 is 32.3 Å². The maximum absolute atomic E-state index is 14.9. The monoisotopic (exact) mass is 480 g/mol. The number of para-hydroxylation sites is 1. The predicted octanol–water partition coefficient (Wildman–Crippen LogP) is 3.13. The Balaban J connectivity index is 1.84. The molecule has 11 heteroatoms. The smallest absolute Gasteiger partial charge is 0.392 e. The highest BCUT2D eigenvalue weighted by Gasteiger charge is 2.49. The quantitative estimate of drug-likeness (QED) is 0.684. The molecule has 2 amide bonds. The summed E-state index contributed by atoms with van der Waals surface area (Å²) in [7, 11) is 1.43. The van der Waals surface area contributed by atoms with E-state index < -0.39 is 47.4 Å². The number of aliphatic hydroxyl groups is 1. The van der Waals surface area contributed by atoms with Gasteiger partial charge in [-0.3, -0.25) is 14.5 Å². The van der Waals surface area contributed by atoms with Crippen LogP contribution < -0.4 is 14.7 Å². The fraction of sp³-hybridized carbons (Fsp3) is 0.435. The van der Waals surface area contributed by atoms with Crippen LogP contribution in [0.15, 0.2) is 30.3 Å². The molecule has 0 radical (unpaired) electrons. The van der Waals surface area contributed by atoms with E-state index in [-0.39, 0.29) is 42.4 Å². The summed E-state index contributed by atoms with van der Waals surface area (Å²) < 4.78 is 55.2. The molecule has 1 saturated heterocycles. The van der Waals surface area contributed by atoms with E-state index in [1.54, 1.807) is 11.0 Å². The number of carbonyl (C=O) groups excluding carboxylic acids is 2. The third-order valence-corrected chi connectivity index (χ3v) is 6.11. The van der Waals surface area contributed by atoms with Gasteiger partial charge in [-0.2, -0.15) is 13.2 Å². The first-order chi connectivity index (χ1) is 15.9. The van der Waals surface area contributed by atoms with Crippen LogP contribution in [-0.2, 0) is 15.8 Å². The van der Waals surface area contributed by atoms with Crippen molar-refractivity contribution in [1.29, 1.82) is 0 Å². The van der Waals surface area contributed by atoms with Crippen LogP contribution in [0.3, 0.4) is 0 Å². The van der Waals surface area contributed by atoms with Gasteiger partial charge >= 0.3 is 6.18 Å². The molecule has 2 aliphatic rings. The molecule has 0 spiro atoms. The molecule has 2 aliphatic heterocycles. The number of halogens is 4. The number of likely N-dealkylation sites (N-methyl/N-ethyl adjacent to an activating group) is 1. The molecule has 0 bridgehead atoms. The highest BCUT2D eigenvalue weighted by atomic mass is 19.4. The Morgan fingerprint density at radius 2 is 1.94 bits per heavy atom. The zero-order chi connectivity index (χ0) is 24.9. The van der Waals surface area contributed by atoms with Crippen LogP contribution in [0.25, 0.3) is 0 Å². The average Bonchev–Trinajstić information content (AvgIpc) is 3.05. The second-order valence-electron chi connectivity index (χ2n) is 8.78. The van der Waals surface area contributed by atoms with Gasteiger partial charge in [0.25, 0.3) is 0 Å². The minimum Gasteiger partial charge on any atom is -0.392 e. The lowest BCUT2D eigenvalue weighted by Crippen LogP contribution is -2.53. The number of aliphatic hydroxyl groups excluding tert-OH is 1. The van der Waals surface area contributed by atoms with Gasteiger partial charge in [0.2, 0.25) is 11.8 Å². The normalized spacial score (nSPS) is 21.8. The highest BCUT2D eigenvalue weighted by molar-refractivity contribution is 6.10. The van der Waals surface area contributed by atoms with Crippen LogP contribution in [0.4, 0.5) is 34.8 Å². The lowest BCUT2D eigenvalue weighted by atomic mass is 9.95. The summed E-state index contributed by atoms with van der Waals surface area (Å²) in [6.45, 7) is 3.00. The Morgan fingerprint density at radius 3 is 2.59 bits per heavy atom. The van der Waals surface area contributed by atoms with E-state index in [0.29, 0.717) is 0 Å². The van der Waals surface area contributed by atoms with Gasteiger partial charge in [-0.25, -0.2) is 9.37 Å². The number of aryl methyl sites for hydroxylation is 1. The number of carbonyl (C=O) groups is 2. The molecular weight excluding hydrogens is 456 g/mol. The number of rotatable bonds is 3. The number of alkyl halides is 3. The number of β-amino-alcohol motifs (C(OH)–C–C–N with tert-alkyl or cyclic N) is 1. The number of pyridine rings is 1. The van der Waals surface area contributed by atoms with Gasteiger partial charge in [-0.05, 0) is 38.1 Å². The number of amides is 2. The molecule has 0 unspecified atom stereocenters. The molecule has 0 saturated carbocycles. The summed E-state index contributed by atoms with van der Waals surface area (Å²) in [6, 6.07) is 4.72. The molecule has 3 atom stereocenters. The number of benzene rings is 1. The van der Waals surface area contributed by atoms with E-state index in [2.05, 4.69) is 4.98 Å². The van der Waals surface area contributed by atoms with Crippen LogP contribution >= 0.6 is 0 Å². The van der Waals surface area contributed by atoms with Gasteiger partial charge in [0.15, 0.2) is 0 Å². The summed E-state index contributed by atoms with van der Waals surface area (Å²) in [5.74, 6) is -2.62. The zero-order valence-corrected chi connectivity index (χ0v) is 18.8. The first-order valence-electron chi connectivity index (χ1n) is 10.8. The van der Waals surface area contributed by atoms with E-state index in [0.717, 1.165) is 17.0 Å². The minimum atomic E-state index is -4.66. The fourth-order valence-electron chi connectivity index (χ4n) is 4.75. The van der Waals surface area contributed by atoms with Crippen LogP contribution in [0.2, 0.25) is 0 Å². The molecule has 0 aliphatic carbocycles. The van der Waals surface area contributed by atoms with Crippen LogP contribution in [0.1, 0.15) is 24.6 Å². The molecule has 182 valence electrons. The van der Waals surface area contributed by atoms with Crippen molar-refractivity contribution in [3.05, 3.63) is 47.4 Å². The number of anilines is 3. The molecule has 3 heterocycles. The summed E-state index contributed by atoms with van der Waals surface area (Å²) >= 11 is 0. The van der Waals surface area contributed by atoms with Crippen LogP contribution in [-0.4, -0.2) is 54.2 Å². The Bertz CT molecular complexity index is 1140. The molecule has 1 aromatic heterocycles. The predicted molar refractivity (Wildman–Crippen MR) is 117 cm³/mol. The average molecular weight is 480 g/mol. The molecule has 7 nitrogen and oxygen atoms in total. The number of hydrogen-bond acceptors (Lipinski definition) is 5. The van der Waals surface area contributed by atoms with Crippen LogP contribution in [0.5, 0.6) is 0 Å². The van der Waals surface area contributed by atoms with Gasteiger partial charge < -0.3 is 14.9 Å². The van der Waals surface area contributed by atoms with Gasteiger partial charge in [0.05, 0.1) is 23.0 Å². The molecule has 1 fully saturated rings. The van der Waals surface area contributed by atoms with Crippen molar-refractivity contribution in [3.8, 4) is 0 Å². The molecule has 1 aromatic carbocycles. The minimum absolute atomic E-state index is 0.0360. The first kappa shape index (κ1) is 23.9. The van der Waals surface area contributed by atoms with Gasteiger partial charge in [-0.15, -0.1) is 0 Å². The molecule has 1 N–H and O–H groups in total. The Labute approximate surface area is 193 Å². The topological polar surface area (TPSA) is 77.0 Å². The lowest BCUT2D eigenvalue weighted by Gasteiger charge is -2.39. The SMILES string of the molecule is Cc1cc(C(F)(F)F)cc(N2C(=O)C[C@@H]3CN(C[C@H](C)O)c4c(F)cccc4N(C)C(=O)[C@H]32)n1. The van der Waals surface area contributed by atoms with Gasteiger partial charge in [0, 0.05) is 38.2 Å². The summed E-state index contributed by atoms with van der Waals surface area (Å²) in [5, 5.41) is 10.0. The van der Waals surface area contributed by atoms with Crippen molar-refractivity contribution in [2.45, 2.75) is 38.6 Å². The number of nitrogens with zero attached hydrogens (tertiary/aromatic N) is 4. The largest absolute Gasteiger partial charge is 0.416 e. The summed E-state index contributed by atoms with van der Waals surface area (Å²) in [5.41, 5.74) is -0.565. The number of hydrogen-bond donors (Lipinski definition) is 1. The summed E-state index contributed by atoms with van der Waals surface area (Å²) in [6.07, 6.45) is -5.63. The third kappa shape index (κ3) is 4.20. The van der Waals surface area contributed by atoms with E-state index >= 15 is 0 Å². The van der Waals surface area contributed by atoms with E-state index in [9.17, 15) is 32.3 Å². The van der Waals surface area contributed by atoms with Crippen molar-refractivity contribution in [1.82, 2.24) is 4.98 Å². The van der Waals surface area contributed by atoms with E-state index in [4.69, 9.17) is 0 Å². The van der Waals surface area contributed by atoms with Crippen molar-refractivity contribution >= 4 is 29.0 Å². The van der Waals surface area contributed by atoms with E-state index in [1.807, 2.05) is 0 Å². The fourth-order valence-corrected chi connectivity index (χ4v) is 4.75. The maximum atomic E-state index is 14.9. The van der Waals surface area contributed by atoms with Crippen molar-refractivity contribution in [2.75, 3.05) is 34.8 Å². The van der Waals surface area contributed by atoms with Crippen molar-refractivity contribution in [3.63, 3.8) is 0 Å². The number of fused-ring (bicyclic) bond motifs is 2. The lowest BCUT2D eigenvalue weighted by molar-refractivity contribution is -0.137. The van der Waals surface area contributed by atoms with Crippen LogP contribution in [0, 0.1) is 18.7 Å². The Kier molecular flexibility index (Phi) is 6.01. The van der Waals surface area contributed by atoms with Gasteiger partial charge in [0.1, 0.15) is 17.7 Å². The first-order valence-corrected chi connectivity index (χ1v) is 10.8. The van der Waals surface area contributed by atoms with E-state index in [1.165, 1.54) is 37.9 Å². The van der Waals surface area contributed by atoms with Crippen molar-refractivity contribution in [2.24, 2.45) is 5.92 Å². The Hall–Kier alpha value is -3.21. The maximum Gasteiger partial charge on any atom is 0.416 e. The zero-order valence-electron chi connectivity index (χ0n) is 18.8. The Morgan fingerprint density at radius 1 is 1.24 bits per heavy atom. The molecule has 34 heavy (non-hydrogen) atoms. The second kappa shape index (κ2) is 8.53. The molecular formula is C23H24F4N4O3. The second-order valence-corrected chi connectivity index (χ2v) is 8.78. The number of aromatic nitrogens is 1. The molecule has 2 aromatic rings. The standard InChI is InChI=1S/C23H24F4N4O3/c1-12-7-15(23(25,26)27)9-18(28-12)31-19(33)8-14-11-30(10-13(2)32)21-16(24)5-4-6-17(21)29(3)22(34)20(14)31/h4-7,9,13-14,20,32H,8,10-11H2,1-3H3/t13-,14+,20-/m0/s1. The molecule has 4 rings (SSSR count). The summed E-state index contributed by atoms with van der Waals surface area (Å²) in [4.78, 5) is 34.6.